The van der Waals surface area contributed by atoms with Gasteiger partial charge in [0.25, 0.3) is 0 Å². The molecule has 0 radical (unpaired) electrons. The number of benzene rings is 4. The minimum Gasteiger partial charge on any atom is -0.294 e. The minimum atomic E-state index is 0.618. The second kappa shape index (κ2) is 8.65. The lowest BCUT2D eigenvalue weighted by atomic mass is 10.0. The lowest BCUT2D eigenvalue weighted by molar-refractivity contribution is 1.00. The largest absolute Gasteiger partial charge is 0.294 e. The van der Waals surface area contributed by atoms with Gasteiger partial charge in [0.1, 0.15) is 17.3 Å². The highest BCUT2D eigenvalue weighted by atomic mass is 15.2. The van der Waals surface area contributed by atoms with Crippen LogP contribution in [0.1, 0.15) is 5.56 Å². The first-order valence-corrected chi connectivity index (χ1v) is 13.2. The summed E-state index contributed by atoms with van der Waals surface area (Å²) in [5.41, 5.74) is 6.62. The number of aromatic nitrogens is 4. The Hall–Kier alpha value is -5.73. The van der Waals surface area contributed by atoms with Crippen LogP contribution in [-0.4, -0.2) is 19.1 Å². The van der Waals surface area contributed by atoms with Crippen molar-refractivity contribution in [2.75, 3.05) is 0 Å². The average molecular weight is 512 g/mol. The maximum Gasteiger partial charge on any atom is 0.146 e. The summed E-state index contributed by atoms with van der Waals surface area (Å²) in [4.78, 5) is 10.1. The molecule has 0 fully saturated rings. The van der Waals surface area contributed by atoms with Crippen LogP contribution in [0.2, 0.25) is 0 Å². The van der Waals surface area contributed by atoms with E-state index in [-0.39, 0.29) is 0 Å². The van der Waals surface area contributed by atoms with E-state index in [0.29, 0.717) is 5.56 Å². The zero-order valence-electron chi connectivity index (χ0n) is 21.4. The first kappa shape index (κ1) is 22.3. The number of pyridine rings is 2. The Balaban J connectivity index is 1.51. The zero-order chi connectivity index (χ0) is 26.6. The number of fused-ring (bicyclic) bond motifs is 6. The molecule has 0 aliphatic heterocycles. The third-order valence-electron chi connectivity index (χ3n) is 7.60. The molecule has 40 heavy (non-hydrogen) atoms. The molecule has 4 heterocycles. The van der Waals surface area contributed by atoms with E-state index in [1.165, 1.54) is 10.8 Å². The number of hydrogen-bond donors (Lipinski definition) is 0. The van der Waals surface area contributed by atoms with Crippen molar-refractivity contribution in [2.45, 2.75) is 0 Å². The molecule has 0 aliphatic carbocycles. The van der Waals surface area contributed by atoms with Gasteiger partial charge in [0.05, 0.1) is 28.2 Å². The zero-order valence-corrected chi connectivity index (χ0v) is 21.4. The fraction of sp³-hybridized carbons (Fsp3) is 0. The molecule has 4 aromatic heterocycles. The van der Waals surface area contributed by atoms with Gasteiger partial charge in [0.15, 0.2) is 0 Å². The smallest absolute Gasteiger partial charge is 0.146 e. The van der Waals surface area contributed by atoms with Gasteiger partial charge in [-0.25, -0.2) is 9.97 Å². The minimum absolute atomic E-state index is 0.618. The molecule has 0 atom stereocenters. The number of hydrogen-bond acceptors (Lipinski definition) is 3. The third-order valence-corrected chi connectivity index (χ3v) is 7.60. The molecule has 8 rings (SSSR count). The number of rotatable bonds is 3. The van der Waals surface area contributed by atoms with Gasteiger partial charge in [-0.15, -0.1) is 0 Å². The van der Waals surface area contributed by atoms with Crippen LogP contribution in [0.25, 0.3) is 66.5 Å². The maximum absolute atomic E-state index is 9.61. The van der Waals surface area contributed by atoms with Crippen LogP contribution in [0.4, 0.5) is 0 Å². The third kappa shape index (κ3) is 3.27. The highest BCUT2D eigenvalue weighted by Gasteiger charge is 2.18. The Morgan fingerprint density at radius 1 is 0.525 bits per heavy atom. The number of nitriles is 1. The van der Waals surface area contributed by atoms with Gasteiger partial charge < -0.3 is 0 Å². The van der Waals surface area contributed by atoms with E-state index in [1.807, 2.05) is 42.6 Å². The van der Waals surface area contributed by atoms with E-state index in [1.54, 1.807) is 0 Å². The van der Waals surface area contributed by atoms with Crippen molar-refractivity contribution in [3.8, 4) is 28.8 Å². The van der Waals surface area contributed by atoms with Gasteiger partial charge in [-0.3, -0.25) is 9.13 Å². The van der Waals surface area contributed by atoms with Crippen molar-refractivity contribution in [2.24, 2.45) is 0 Å². The van der Waals surface area contributed by atoms with E-state index in [9.17, 15) is 5.26 Å². The molecular formula is C35H21N5. The fourth-order valence-electron chi connectivity index (χ4n) is 5.86. The Bertz CT molecular complexity index is 2060. The second-order valence-electron chi connectivity index (χ2n) is 9.86. The summed E-state index contributed by atoms with van der Waals surface area (Å²) in [6, 6.07) is 43.5. The lowest BCUT2D eigenvalue weighted by Crippen LogP contribution is -2.05. The van der Waals surface area contributed by atoms with Crippen LogP contribution in [0.15, 0.2) is 128 Å². The molecular weight excluding hydrogens is 490 g/mol. The molecule has 0 saturated carbocycles. The molecule has 4 aromatic carbocycles. The van der Waals surface area contributed by atoms with Crippen LogP contribution in [0.3, 0.4) is 0 Å². The van der Waals surface area contributed by atoms with Gasteiger partial charge in [-0.1, -0.05) is 66.7 Å². The maximum atomic E-state index is 9.61. The van der Waals surface area contributed by atoms with Crippen molar-refractivity contribution in [3.63, 3.8) is 0 Å². The van der Waals surface area contributed by atoms with E-state index in [0.717, 1.165) is 55.7 Å². The first-order valence-electron chi connectivity index (χ1n) is 13.2. The Kier molecular flexibility index (Phi) is 4.82. The van der Waals surface area contributed by atoms with Gasteiger partial charge in [-0.05, 0) is 65.7 Å². The average Bonchev–Trinajstić information content (AvgIpc) is 3.54. The van der Waals surface area contributed by atoms with E-state index < -0.39 is 0 Å². The van der Waals surface area contributed by atoms with E-state index >= 15 is 0 Å². The predicted octanol–water partition coefficient (Wildman–Crippen LogP) is 8.21. The van der Waals surface area contributed by atoms with Crippen molar-refractivity contribution < 1.29 is 0 Å². The highest BCUT2D eigenvalue weighted by molar-refractivity contribution is 6.09. The fourth-order valence-corrected chi connectivity index (χ4v) is 5.86. The molecule has 0 bridgehead atoms. The lowest BCUT2D eigenvalue weighted by Gasteiger charge is -2.14. The molecule has 5 nitrogen and oxygen atoms in total. The van der Waals surface area contributed by atoms with E-state index in [4.69, 9.17) is 9.97 Å². The highest BCUT2D eigenvalue weighted by Crippen LogP contribution is 2.35. The number of para-hydroxylation sites is 3. The molecule has 0 aliphatic rings. The summed E-state index contributed by atoms with van der Waals surface area (Å²) in [5, 5.41) is 14.2. The molecule has 0 spiro atoms. The van der Waals surface area contributed by atoms with E-state index in [2.05, 4.69) is 100 Å². The van der Waals surface area contributed by atoms with Crippen LogP contribution in [-0.2, 0) is 0 Å². The van der Waals surface area contributed by atoms with Crippen molar-refractivity contribution in [1.82, 2.24) is 19.1 Å². The SMILES string of the molecule is N#Cc1cccc(-c2cc(-n3c4ccccc4c4ccccc43)nc(-n3c4ccccc4c4cccnc43)c2)c1. The van der Waals surface area contributed by atoms with Crippen molar-refractivity contribution in [3.05, 3.63) is 133 Å². The van der Waals surface area contributed by atoms with Crippen LogP contribution in [0.5, 0.6) is 0 Å². The molecule has 0 N–H and O–H groups in total. The monoisotopic (exact) mass is 511 g/mol. The van der Waals surface area contributed by atoms with Gasteiger partial charge in [-0.2, -0.15) is 5.26 Å². The Morgan fingerprint density at radius 2 is 1.10 bits per heavy atom. The van der Waals surface area contributed by atoms with Crippen LogP contribution in [0, 0.1) is 11.3 Å². The molecule has 0 saturated heterocycles. The van der Waals surface area contributed by atoms with Crippen molar-refractivity contribution >= 4 is 43.7 Å². The topological polar surface area (TPSA) is 59.4 Å². The summed E-state index contributed by atoms with van der Waals surface area (Å²) in [7, 11) is 0. The summed E-state index contributed by atoms with van der Waals surface area (Å²) in [5.74, 6) is 1.57. The molecule has 5 heteroatoms. The summed E-state index contributed by atoms with van der Waals surface area (Å²) in [6.45, 7) is 0. The van der Waals surface area contributed by atoms with Crippen molar-refractivity contribution in [1.29, 1.82) is 5.26 Å². The molecule has 0 amide bonds. The summed E-state index contributed by atoms with van der Waals surface area (Å²) < 4.78 is 4.37. The van der Waals surface area contributed by atoms with Gasteiger partial charge >= 0.3 is 0 Å². The quantitative estimate of drug-likeness (QED) is 0.240. The van der Waals surface area contributed by atoms with Crippen LogP contribution < -0.4 is 0 Å². The summed E-state index contributed by atoms with van der Waals surface area (Å²) >= 11 is 0. The normalized spacial score (nSPS) is 11.5. The van der Waals surface area contributed by atoms with Crippen LogP contribution >= 0.6 is 0 Å². The van der Waals surface area contributed by atoms with Gasteiger partial charge in [0.2, 0.25) is 0 Å². The molecule has 8 aromatic rings. The second-order valence-corrected chi connectivity index (χ2v) is 9.86. The number of nitrogens with zero attached hydrogens (tertiary/aromatic N) is 5. The Morgan fingerprint density at radius 3 is 1.77 bits per heavy atom. The first-order chi connectivity index (χ1) is 19.8. The summed E-state index contributed by atoms with van der Waals surface area (Å²) in [6.07, 6.45) is 1.83. The van der Waals surface area contributed by atoms with Gasteiger partial charge in [0, 0.05) is 27.7 Å². The Labute approximate surface area is 229 Å². The predicted molar refractivity (Wildman–Crippen MR) is 161 cm³/mol. The molecule has 0 unspecified atom stereocenters. The molecule has 186 valence electrons. The standard InChI is InChI=1S/C35H21N5/c36-22-23-9-7-10-24(19-23)25-20-33(39-30-15-4-1-11-26(30)27-12-2-5-16-31(27)39)38-34(21-25)40-32-17-6-3-13-28(32)29-14-8-18-37-35(29)40/h1-21H.